The van der Waals surface area contributed by atoms with Crippen LogP contribution in [0, 0.1) is 0 Å². The predicted octanol–water partition coefficient (Wildman–Crippen LogP) is 1.76. The van der Waals surface area contributed by atoms with Gasteiger partial charge in [0.1, 0.15) is 11.3 Å². The van der Waals surface area contributed by atoms with Gasteiger partial charge in [-0.25, -0.2) is 0 Å². The third-order valence-corrected chi connectivity index (χ3v) is 5.68. The lowest BCUT2D eigenvalue weighted by molar-refractivity contribution is -0.147. The normalized spacial score (nSPS) is 18.7. The summed E-state index contributed by atoms with van der Waals surface area (Å²) in [5, 5.41) is 4.37. The Morgan fingerprint density at radius 1 is 1.07 bits per heavy atom. The van der Waals surface area contributed by atoms with Crippen LogP contribution in [0.5, 0.6) is 5.75 Å². The maximum absolute atomic E-state index is 13.2. The first-order valence-electron chi connectivity index (χ1n) is 9.37. The molecule has 0 aliphatic carbocycles. The Kier molecular flexibility index (Phi) is 4.59. The first-order valence-corrected chi connectivity index (χ1v) is 9.37. The summed E-state index contributed by atoms with van der Waals surface area (Å²) >= 11 is 0. The van der Waals surface area contributed by atoms with Gasteiger partial charge in [-0.2, -0.15) is 5.10 Å². The summed E-state index contributed by atoms with van der Waals surface area (Å²) in [5.74, 6) is 0.766. The molecule has 4 rings (SSSR count). The zero-order valence-corrected chi connectivity index (χ0v) is 15.5. The van der Waals surface area contributed by atoms with Crippen LogP contribution in [-0.4, -0.2) is 64.7 Å². The van der Waals surface area contributed by atoms with Gasteiger partial charge in [-0.3, -0.25) is 14.3 Å². The molecule has 2 amide bonds. The minimum Gasteiger partial charge on any atom is -0.497 e. The van der Waals surface area contributed by atoms with Gasteiger partial charge in [0.05, 0.1) is 7.11 Å². The number of carbonyl (C=O) groups is 2. The number of benzene rings is 1. The van der Waals surface area contributed by atoms with Crippen LogP contribution in [0.3, 0.4) is 0 Å². The molecule has 1 aromatic heterocycles. The van der Waals surface area contributed by atoms with Crippen molar-refractivity contribution in [1.82, 2.24) is 19.6 Å². The fourth-order valence-electron chi connectivity index (χ4n) is 3.90. The SMILES string of the molecule is COc1cccc(C(=O)N2CCC(C(=O)N3CCC3)(n3cccn3)CC2)c1. The fraction of sp³-hybridized carbons (Fsp3) is 0.450. The van der Waals surface area contributed by atoms with E-state index in [1.807, 2.05) is 34.2 Å². The number of methoxy groups -OCH3 is 1. The Morgan fingerprint density at radius 3 is 2.44 bits per heavy atom. The summed E-state index contributed by atoms with van der Waals surface area (Å²) in [6, 6.07) is 9.03. The third-order valence-electron chi connectivity index (χ3n) is 5.68. The number of ether oxygens (including phenoxy) is 1. The molecule has 0 bridgehead atoms. The van der Waals surface area contributed by atoms with Crippen LogP contribution in [0.15, 0.2) is 42.7 Å². The lowest BCUT2D eigenvalue weighted by Gasteiger charge is -2.45. The highest BCUT2D eigenvalue weighted by Crippen LogP contribution is 2.34. The number of piperidine rings is 1. The number of amides is 2. The fourth-order valence-corrected chi connectivity index (χ4v) is 3.90. The van der Waals surface area contributed by atoms with Gasteiger partial charge < -0.3 is 14.5 Å². The van der Waals surface area contributed by atoms with Gasteiger partial charge in [-0.05, 0) is 43.5 Å². The van der Waals surface area contributed by atoms with Crippen molar-refractivity contribution in [1.29, 1.82) is 0 Å². The molecule has 0 saturated carbocycles. The Balaban J connectivity index is 1.53. The average Bonchev–Trinajstić information content (AvgIpc) is 3.21. The summed E-state index contributed by atoms with van der Waals surface area (Å²) in [6.07, 6.45) is 5.76. The van der Waals surface area contributed by atoms with Crippen molar-refractivity contribution in [3.8, 4) is 5.75 Å². The first kappa shape index (κ1) is 17.6. The molecule has 7 heteroatoms. The van der Waals surface area contributed by atoms with E-state index in [0.717, 1.165) is 19.5 Å². The molecule has 3 heterocycles. The predicted molar refractivity (Wildman–Crippen MR) is 99.5 cm³/mol. The van der Waals surface area contributed by atoms with Gasteiger partial charge >= 0.3 is 0 Å². The van der Waals surface area contributed by atoms with E-state index in [-0.39, 0.29) is 11.8 Å². The highest BCUT2D eigenvalue weighted by Gasteiger charge is 2.47. The molecule has 2 aliphatic rings. The molecule has 0 unspecified atom stereocenters. The van der Waals surface area contributed by atoms with E-state index in [0.29, 0.717) is 37.2 Å². The Labute approximate surface area is 158 Å². The van der Waals surface area contributed by atoms with Crippen LogP contribution >= 0.6 is 0 Å². The van der Waals surface area contributed by atoms with E-state index in [2.05, 4.69) is 5.10 Å². The third kappa shape index (κ3) is 3.07. The Hall–Kier alpha value is -2.83. The molecule has 2 aliphatic heterocycles. The second-order valence-electron chi connectivity index (χ2n) is 7.15. The Bertz CT molecular complexity index is 822. The molecular weight excluding hydrogens is 344 g/mol. The molecule has 2 aromatic rings. The maximum atomic E-state index is 13.2. The second-order valence-corrected chi connectivity index (χ2v) is 7.15. The minimum absolute atomic E-state index is 0.0284. The first-order chi connectivity index (χ1) is 13.1. The number of rotatable bonds is 4. The van der Waals surface area contributed by atoms with Crippen molar-refractivity contribution >= 4 is 11.8 Å². The monoisotopic (exact) mass is 368 g/mol. The summed E-state index contributed by atoms with van der Waals surface area (Å²) in [6.45, 7) is 2.67. The van der Waals surface area contributed by atoms with E-state index in [1.54, 1.807) is 30.1 Å². The van der Waals surface area contributed by atoms with Crippen LogP contribution in [0.25, 0.3) is 0 Å². The number of aromatic nitrogens is 2. The van der Waals surface area contributed by atoms with Crippen molar-refractivity contribution in [3.05, 3.63) is 48.3 Å². The zero-order valence-electron chi connectivity index (χ0n) is 15.5. The lowest BCUT2D eigenvalue weighted by atomic mass is 9.85. The van der Waals surface area contributed by atoms with E-state index in [1.165, 1.54) is 0 Å². The molecule has 2 fully saturated rings. The lowest BCUT2D eigenvalue weighted by Crippen LogP contribution is -2.59. The molecule has 0 spiro atoms. The van der Waals surface area contributed by atoms with Gasteiger partial charge in [0.25, 0.3) is 11.8 Å². The van der Waals surface area contributed by atoms with Crippen LogP contribution in [0.1, 0.15) is 29.6 Å². The van der Waals surface area contributed by atoms with E-state index in [4.69, 9.17) is 4.74 Å². The van der Waals surface area contributed by atoms with Crippen molar-refractivity contribution in [2.24, 2.45) is 0 Å². The van der Waals surface area contributed by atoms with E-state index in [9.17, 15) is 9.59 Å². The summed E-state index contributed by atoms with van der Waals surface area (Å²) in [5.41, 5.74) is -0.0789. The molecule has 1 aromatic carbocycles. The highest BCUT2D eigenvalue weighted by molar-refractivity contribution is 5.95. The van der Waals surface area contributed by atoms with E-state index >= 15 is 0 Å². The summed E-state index contributed by atoms with van der Waals surface area (Å²) < 4.78 is 7.01. The van der Waals surface area contributed by atoms with Gasteiger partial charge in [-0.15, -0.1) is 0 Å². The number of likely N-dealkylation sites (tertiary alicyclic amines) is 2. The standard InChI is InChI=1S/C20H24N4O3/c1-27-17-6-2-5-16(15-17)18(25)22-13-7-20(8-14-22,24-12-3-9-21-24)19(26)23-10-4-11-23/h2-3,5-6,9,12,15H,4,7-8,10-11,13-14H2,1H3. The molecule has 27 heavy (non-hydrogen) atoms. The van der Waals surface area contributed by atoms with Crippen LogP contribution in [-0.2, 0) is 10.3 Å². The minimum atomic E-state index is -0.685. The van der Waals surface area contributed by atoms with Crippen molar-refractivity contribution in [3.63, 3.8) is 0 Å². The average molecular weight is 368 g/mol. The number of hydrogen-bond acceptors (Lipinski definition) is 4. The molecule has 0 N–H and O–H groups in total. The number of hydrogen-bond donors (Lipinski definition) is 0. The smallest absolute Gasteiger partial charge is 0.253 e. The second kappa shape index (κ2) is 7.06. The molecule has 7 nitrogen and oxygen atoms in total. The summed E-state index contributed by atoms with van der Waals surface area (Å²) in [4.78, 5) is 29.8. The molecular formula is C20H24N4O3. The van der Waals surface area contributed by atoms with Crippen LogP contribution in [0.4, 0.5) is 0 Å². The molecule has 2 saturated heterocycles. The van der Waals surface area contributed by atoms with Gasteiger partial charge in [0.2, 0.25) is 0 Å². The van der Waals surface area contributed by atoms with Crippen molar-refractivity contribution in [2.45, 2.75) is 24.8 Å². The molecule has 142 valence electrons. The van der Waals surface area contributed by atoms with Crippen LogP contribution < -0.4 is 4.74 Å². The zero-order chi connectivity index (χ0) is 18.9. The number of nitrogens with zero attached hydrogens (tertiary/aromatic N) is 4. The largest absolute Gasteiger partial charge is 0.497 e. The van der Waals surface area contributed by atoms with E-state index < -0.39 is 5.54 Å². The van der Waals surface area contributed by atoms with Gasteiger partial charge in [-0.1, -0.05) is 6.07 Å². The summed E-state index contributed by atoms with van der Waals surface area (Å²) in [7, 11) is 1.59. The highest BCUT2D eigenvalue weighted by atomic mass is 16.5. The quantitative estimate of drug-likeness (QED) is 0.825. The van der Waals surface area contributed by atoms with Crippen LogP contribution in [0.2, 0.25) is 0 Å². The topological polar surface area (TPSA) is 67.7 Å². The van der Waals surface area contributed by atoms with Gasteiger partial charge in [0.15, 0.2) is 0 Å². The molecule has 0 atom stereocenters. The van der Waals surface area contributed by atoms with Crippen molar-refractivity contribution < 1.29 is 14.3 Å². The Morgan fingerprint density at radius 2 is 1.85 bits per heavy atom. The van der Waals surface area contributed by atoms with Crippen molar-refractivity contribution in [2.75, 3.05) is 33.3 Å². The number of carbonyl (C=O) groups excluding carboxylic acids is 2. The molecule has 0 radical (unpaired) electrons. The maximum Gasteiger partial charge on any atom is 0.253 e. The van der Waals surface area contributed by atoms with Gasteiger partial charge in [0, 0.05) is 44.1 Å².